The second-order valence-electron chi connectivity index (χ2n) is 6.09. The van der Waals surface area contributed by atoms with Crippen LogP contribution in [0.15, 0.2) is 79.1 Å². The molecule has 0 bridgehead atoms. The van der Waals surface area contributed by atoms with Gasteiger partial charge in [-0.2, -0.15) is 0 Å². The SMILES string of the molecule is O=C(Cc1ccc(OC(F)(F)F)cc1)c1ccc(C(=O)N[n+]2ccccc2)cc1. The molecule has 0 spiro atoms. The molecule has 0 aliphatic rings. The van der Waals surface area contributed by atoms with Crippen molar-refractivity contribution in [2.45, 2.75) is 12.8 Å². The molecule has 0 radical (unpaired) electrons. The summed E-state index contributed by atoms with van der Waals surface area (Å²) in [5, 5.41) is 0. The summed E-state index contributed by atoms with van der Waals surface area (Å²) >= 11 is 0. The minimum atomic E-state index is -4.76. The Hall–Kier alpha value is -3.68. The number of Topliss-reactive ketones (excluding diaryl/α,β-unsaturated/α-hetero) is 1. The lowest BCUT2D eigenvalue weighted by Gasteiger charge is -2.09. The normalized spacial score (nSPS) is 11.0. The first-order valence-corrected chi connectivity index (χ1v) is 8.56. The van der Waals surface area contributed by atoms with E-state index < -0.39 is 6.36 Å². The van der Waals surface area contributed by atoms with Crippen LogP contribution in [0.25, 0.3) is 0 Å². The number of hydrogen-bond donors (Lipinski definition) is 1. The van der Waals surface area contributed by atoms with Gasteiger partial charge in [-0.05, 0) is 29.8 Å². The molecular formula is C21H16F3N2O3+. The van der Waals surface area contributed by atoms with Crippen LogP contribution in [0, 0.1) is 0 Å². The molecule has 5 nitrogen and oxygen atoms in total. The predicted octanol–water partition coefficient (Wildman–Crippen LogP) is 3.68. The fourth-order valence-corrected chi connectivity index (χ4v) is 2.56. The van der Waals surface area contributed by atoms with Crippen molar-refractivity contribution in [2.24, 2.45) is 0 Å². The first-order chi connectivity index (χ1) is 13.8. The molecular weight excluding hydrogens is 385 g/mol. The Balaban J connectivity index is 1.61. The Labute approximate surface area is 164 Å². The lowest BCUT2D eigenvalue weighted by molar-refractivity contribution is -0.641. The smallest absolute Gasteiger partial charge is 0.406 e. The van der Waals surface area contributed by atoms with Gasteiger partial charge < -0.3 is 4.74 Å². The number of pyridine rings is 1. The molecule has 3 rings (SSSR count). The fraction of sp³-hybridized carbons (Fsp3) is 0.0952. The lowest BCUT2D eigenvalue weighted by Crippen LogP contribution is -2.47. The fourth-order valence-electron chi connectivity index (χ4n) is 2.56. The van der Waals surface area contributed by atoms with Crippen molar-refractivity contribution < 1.29 is 32.2 Å². The second kappa shape index (κ2) is 8.55. The van der Waals surface area contributed by atoms with Gasteiger partial charge in [0.15, 0.2) is 18.2 Å². The van der Waals surface area contributed by atoms with Gasteiger partial charge in [0, 0.05) is 29.7 Å². The molecule has 29 heavy (non-hydrogen) atoms. The minimum absolute atomic E-state index is 0.0116. The number of ether oxygens (including phenoxy) is 1. The first kappa shape index (κ1) is 20.1. The van der Waals surface area contributed by atoms with Crippen LogP contribution in [-0.2, 0) is 6.42 Å². The zero-order valence-corrected chi connectivity index (χ0v) is 15.0. The highest BCUT2D eigenvalue weighted by molar-refractivity contribution is 6.01. The Morgan fingerprint density at radius 2 is 1.45 bits per heavy atom. The van der Waals surface area contributed by atoms with E-state index in [9.17, 15) is 22.8 Å². The van der Waals surface area contributed by atoms with Crippen LogP contribution in [0.3, 0.4) is 0 Å². The molecule has 0 atom stereocenters. The third-order valence-corrected chi connectivity index (χ3v) is 3.94. The summed E-state index contributed by atoms with van der Waals surface area (Å²) in [6, 6.07) is 16.6. The van der Waals surface area contributed by atoms with Crippen LogP contribution in [0.5, 0.6) is 5.75 Å². The number of ketones is 1. The maximum absolute atomic E-state index is 12.4. The summed E-state index contributed by atoms with van der Waals surface area (Å²) in [5.41, 5.74) is 3.99. The van der Waals surface area contributed by atoms with Gasteiger partial charge in [-0.3, -0.25) is 9.59 Å². The van der Waals surface area contributed by atoms with E-state index in [1.165, 1.54) is 41.1 Å². The van der Waals surface area contributed by atoms with Gasteiger partial charge in [-0.15, -0.1) is 18.6 Å². The zero-order valence-electron chi connectivity index (χ0n) is 15.0. The molecule has 0 fully saturated rings. The van der Waals surface area contributed by atoms with Gasteiger partial charge in [0.05, 0.1) is 0 Å². The molecule has 8 heteroatoms. The minimum Gasteiger partial charge on any atom is -0.406 e. The molecule has 0 saturated heterocycles. The molecule has 1 aromatic heterocycles. The maximum atomic E-state index is 12.4. The highest BCUT2D eigenvalue weighted by atomic mass is 19.4. The summed E-state index contributed by atoms with van der Waals surface area (Å²) in [6.07, 6.45) is -1.39. The van der Waals surface area contributed by atoms with Crippen LogP contribution in [0.4, 0.5) is 13.2 Å². The largest absolute Gasteiger partial charge is 0.573 e. The van der Waals surface area contributed by atoms with Crippen molar-refractivity contribution in [3.05, 3.63) is 95.8 Å². The molecule has 0 saturated carbocycles. The number of amides is 1. The number of aromatic nitrogens is 1. The molecule has 0 unspecified atom stereocenters. The number of alkyl halides is 3. The number of nitrogens with one attached hydrogen (secondary N) is 1. The number of nitrogens with zero attached hydrogens (tertiary/aromatic N) is 1. The van der Waals surface area contributed by atoms with Crippen molar-refractivity contribution in [3.8, 4) is 5.75 Å². The summed E-state index contributed by atoms with van der Waals surface area (Å²) in [7, 11) is 0. The van der Waals surface area contributed by atoms with Gasteiger partial charge in [0.25, 0.3) is 0 Å². The van der Waals surface area contributed by atoms with E-state index in [0.717, 1.165) is 12.1 Å². The number of benzene rings is 2. The van der Waals surface area contributed by atoms with E-state index in [0.29, 0.717) is 16.7 Å². The van der Waals surface area contributed by atoms with Gasteiger partial charge in [0.2, 0.25) is 0 Å². The average molecular weight is 401 g/mol. The topological polar surface area (TPSA) is 59.3 Å². The third kappa shape index (κ3) is 5.90. The molecule has 148 valence electrons. The van der Waals surface area contributed by atoms with Gasteiger partial charge >= 0.3 is 12.3 Å². The van der Waals surface area contributed by atoms with Gasteiger partial charge in [-0.1, -0.05) is 35.0 Å². The van der Waals surface area contributed by atoms with Crippen LogP contribution in [0.1, 0.15) is 26.3 Å². The summed E-state index contributed by atoms with van der Waals surface area (Å²) in [6.45, 7) is 0. The van der Waals surface area contributed by atoms with Crippen LogP contribution in [-0.4, -0.2) is 18.1 Å². The highest BCUT2D eigenvalue weighted by Gasteiger charge is 2.30. The average Bonchev–Trinajstić information content (AvgIpc) is 2.69. The maximum Gasteiger partial charge on any atom is 0.573 e. The molecule has 0 aliphatic heterocycles. The van der Waals surface area contributed by atoms with Crippen molar-refractivity contribution in [2.75, 3.05) is 5.43 Å². The molecule has 3 aromatic rings. The number of carbonyl (C=O) groups is 2. The predicted molar refractivity (Wildman–Crippen MR) is 97.9 cm³/mol. The van der Waals surface area contributed by atoms with E-state index in [1.807, 2.05) is 6.07 Å². The first-order valence-electron chi connectivity index (χ1n) is 8.56. The van der Waals surface area contributed by atoms with Crippen molar-refractivity contribution in [1.82, 2.24) is 0 Å². The number of rotatable bonds is 6. The van der Waals surface area contributed by atoms with Crippen LogP contribution >= 0.6 is 0 Å². The van der Waals surface area contributed by atoms with E-state index in [2.05, 4.69) is 10.2 Å². The lowest BCUT2D eigenvalue weighted by atomic mass is 10.0. The molecule has 1 heterocycles. The quantitative estimate of drug-likeness (QED) is 0.506. The number of halogens is 3. The van der Waals surface area contributed by atoms with E-state index in [1.54, 1.807) is 24.5 Å². The Kier molecular flexibility index (Phi) is 5.92. The van der Waals surface area contributed by atoms with Gasteiger partial charge in [0.1, 0.15) is 5.75 Å². The Morgan fingerprint density at radius 3 is 2.03 bits per heavy atom. The number of carbonyl (C=O) groups excluding carboxylic acids is 2. The summed E-state index contributed by atoms with van der Waals surface area (Å²) < 4.78 is 41.8. The summed E-state index contributed by atoms with van der Waals surface area (Å²) in [4.78, 5) is 24.6. The third-order valence-electron chi connectivity index (χ3n) is 3.94. The van der Waals surface area contributed by atoms with E-state index >= 15 is 0 Å². The Morgan fingerprint density at radius 1 is 0.862 bits per heavy atom. The van der Waals surface area contributed by atoms with Crippen LogP contribution < -0.4 is 14.8 Å². The standard InChI is InChI=1S/C21H15F3N2O3/c22-21(23,24)29-18-10-4-15(5-11-18)14-19(27)16-6-8-17(9-7-16)20(28)25-26-12-2-1-3-13-26/h1-13H,14H2/p+1. The van der Waals surface area contributed by atoms with Crippen molar-refractivity contribution >= 4 is 11.7 Å². The molecule has 2 aromatic carbocycles. The molecule has 1 N–H and O–H groups in total. The number of hydrogen-bond acceptors (Lipinski definition) is 3. The van der Waals surface area contributed by atoms with Crippen molar-refractivity contribution in [1.29, 1.82) is 0 Å². The monoisotopic (exact) mass is 401 g/mol. The van der Waals surface area contributed by atoms with Gasteiger partial charge in [-0.25, -0.2) is 0 Å². The van der Waals surface area contributed by atoms with E-state index in [4.69, 9.17) is 0 Å². The highest BCUT2D eigenvalue weighted by Crippen LogP contribution is 2.23. The second-order valence-corrected chi connectivity index (χ2v) is 6.09. The summed E-state index contributed by atoms with van der Waals surface area (Å²) in [5.74, 6) is -0.903. The Bertz CT molecular complexity index is 986. The van der Waals surface area contributed by atoms with Crippen LogP contribution in [0.2, 0.25) is 0 Å². The van der Waals surface area contributed by atoms with E-state index in [-0.39, 0.29) is 23.9 Å². The van der Waals surface area contributed by atoms with Crippen molar-refractivity contribution in [3.63, 3.8) is 0 Å². The molecule has 0 aliphatic carbocycles. The molecule has 1 amide bonds. The zero-order chi connectivity index (χ0) is 20.9.